The van der Waals surface area contributed by atoms with E-state index in [1.807, 2.05) is 0 Å². The van der Waals surface area contributed by atoms with Gasteiger partial charge in [-0.1, -0.05) is 44.9 Å². The summed E-state index contributed by atoms with van der Waals surface area (Å²) >= 11 is -1.56. The van der Waals surface area contributed by atoms with Crippen LogP contribution in [-0.4, -0.2) is 57.6 Å². The van der Waals surface area contributed by atoms with Crippen LogP contribution in [-0.2, 0) is 63.3 Å². The Labute approximate surface area is 299 Å². The van der Waals surface area contributed by atoms with Crippen LogP contribution in [0.15, 0.2) is 35.6 Å². The minimum absolute atomic E-state index is 0. The van der Waals surface area contributed by atoms with Gasteiger partial charge in [-0.25, -0.2) is 5.26 Å². The summed E-state index contributed by atoms with van der Waals surface area (Å²) in [5.41, 5.74) is 1.45. The van der Waals surface area contributed by atoms with E-state index in [-0.39, 0.29) is 81.8 Å². The Morgan fingerprint density at radius 2 is 1.79 bits per heavy atom. The van der Waals surface area contributed by atoms with E-state index < -0.39 is 34.4 Å². The van der Waals surface area contributed by atoms with Crippen molar-refractivity contribution < 1.29 is 72.6 Å². The maximum atomic E-state index is 13.4. The van der Waals surface area contributed by atoms with E-state index in [0.29, 0.717) is 19.3 Å². The van der Waals surface area contributed by atoms with Gasteiger partial charge in [-0.3, -0.25) is 24.0 Å². The topological polar surface area (TPSA) is 180 Å². The minimum atomic E-state index is -1.56. The summed E-state index contributed by atoms with van der Waals surface area (Å²) in [5.74, 6) is -1.10. The van der Waals surface area contributed by atoms with Gasteiger partial charge in [0.05, 0.1) is 6.26 Å². The maximum absolute atomic E-state index is 13.4. The number of fused-ring (bicyclic) bond motifs is 6. The van der Waals surface area contributed by atoms with Gasteiger partial charge in [0.25, 0.3) is 0 Å². The summed E-state index contributed by atoms with van der Waals surface area (Å²) in [4.78, 5) is 63.7. The second-order valence-electron chi connectivity index (χ2n) is 13.3. The van der Waals surface area contributed by atoms with Crippen molar-refractivity contribution in [1.29, 1.82) is 0 Å². The van der Waals surface area contributed by atoms with E-state index in [9.17, 15) is 24.0 Å². The van der Waals surface area contributed by atoms with Gasteiger partial charge in [0, 0.05) is 55.6 Å². The first-order valence-corrected chi connectivity index (χ1v) is 16.7. The molecule has 262 valence electrons. The molecular weight excluding hydrogens is 766 g/mol. The number of esters is 2. The molecule has 7 atom stereocenters. The summed E-state index contributed by atoms with van der Waals surface area (Å²) in [6.45, 7) is 9.17. The van der Waals surface area contributed by atoms with Gasteiger partial charge in [-0.05, 0) is 56.4 Å². The first kappa shape index (κ1) is 41.3. The molecule has 1 aliphatic heterocycles. The fourth-order valence-corrected chi connectivity index (χ4v) is 8.23. The van der Waals surface area contributed by atoms with Crippen molar-refractivity contribution >= 4 is 53.3 Å². The summed E-state index contributed by atoms with van der Waals surface area (Å²) in [7, 11) is 1.29. The summed E-state index contributed by atoms with van der Waals surface area (Å²) in [5, 5.41) is 8.10. The Morgan fingerprint density at radius 1 is 1.13 bits per heavy atom. The van der Waals surface area contributed by atoms with Gasteiger partial charge in [0.15, 0.2) is 17.3 Å². The molecule has 12 nitrogen and oxygen atoms in total. The van der Waals surface area contributed by atoms with Gasteiger partial charge in [-0.15, -0.1) is 24.0 Å². The van der Waals surface area contributed by atoms with Crippen molar-refractivity contribution in [3.05, 3.63) is 35.6 Å². The van der Waals surface area contributed by atoms with Crippen LogP contribution in [0.2, 0.25) is 0 Å². The molecule has 3 fully saturated rings. The van der Waals surface area contributed by atoms with Gasteiger partial charge >= 0.3 is 36.2 Å². The van der Waals surface area contributed by atoms with Crippen LogP contribution in [0.4, 0.5) is 0 Å². The molecule has 14 heteroatoms. The van der Waals surface area contributed by atoms with E-state index >= 15 is 0 Å². The third-order valence-electron chi connectivity index (χ3n) is 10.7. The number of carbonyl (C=O) groups excluding carboxylic acids is 5. The van der Waals surface area contributed by atoms with Crippen molar-refractivity contribution in [2.24, 2.45) is 34.5 Å². The number of ketones is 3. The number of ether oxygens (including phenoxy) is 3. The number of carbonyl (C=O) groups is 5. The van der Waals surface area contributed by atoms with E-state index in [2.05, 4.69) is 29.5 Å². The molecule has 1 saturated heterocycles. The van der Waals surface area contributed by atoms with Gasteiger partial charge in [0.1, 0.15) is 5.60 Å². The molecule has 5 rings (SSSR count). The zero-order valence-corrected chi connectivity index (χ0v) is 31.4. The molecule has 2 N–H and O–H groups in total. The predicted octanol–water partition coefficient (Wildman–Crippen LogP) is 5.00. The molecule has 47 heavy (non-hydrogen) atoms. The molecule has 1 unspecified atom stereocenters. The Morgan fingerprint density at radius 3 is 2.30 bits per heavy atom. The van der Waals surface area contributed by atoms with Crippen molar-refractivity contribution in [2.75, 3.05) is 7.11 Å². The number of rotatable bonds is 7. The average molecular weight is 813 g/mol. The Bertz CT molecular complexity index is 1320. The van der Waals surface area contributed by atoms with Crippen LogP contribution in [0.1, 0.15) is 86.0 Å². The molecule has 0 aromatic rings. The molecule has 5 aliphatic rings. The number of methoxy groups -OCH3 is 1. The Balaban J connectivity index is 0.000000469. The molecule has 0 radical (unpaired) electrons. The van der Waals surface area contributed by atoms with Crippen molar-refractivity contribution in [2.45, 2.75) is 97.9 Å². The number of allylic oxidation sites excluding steroid dienone is 5. The van der Waals surface area contributed by atoms with Crippen LogP contribution >= 0.6 is 24.0 Å². The average Bonchev–Trinajstić information content (AvgIpc) is 3.53. The third-order valence-corrected chi connectivity index (χ3v) is 10.7. The summed E-state index contributed by atoms with van der Waals surface area (Å²) < 4.78 is 31.1. The normalized spacial score (nSPS) is 32.5. The number of hydrogen-bond acceptors (Lipinski definition) is 11. The van der Waals surface area contributed by atoms with E-state index in [1.165, 1.54) is 31.9 Å². The van der Waals surface area contributed by atoms with Crippen molar-refractivity contribution in [3.63, 3.8) is 0 Å². The number of Topliss-reactive ketones (excluding diaryl/α,β-unsaturated/α-hetero) is 1. The zero-order chi connectivity index (χ0) is 34.4. The van der Waals surface area contributed by atoms with Gasteiger partial charge < -0.3 is 14.2 Å². The SMILES string of the molecule is CC(=O)O/C=C/C(=O)[C@@H]1CC2=CC(=O)CC[C@]2(C)C2=CC[C@@]3(C)[C@@H](CC[C@@]34CCC(=O)O4)[C@@H]21.COC(OO)C(=O)C(C)C.I.[O]=[V][OH]. The van der Waals surface area contributed by atoms with Crippen molar-refractivity contribution in [1.82, 2.24) is 0 Å². The Hall–Kier alpha value is -1.88. The molecular formula is C33H46IO12V. The van der Waals surface area contributed by atoms with E-state index in [0.717, 1.165) is 37.7 Å². The summed E-state index contributed by atoms with van der Waals surface area (Å²) in [6, 6.07) is 0. The zero-order valence-electron chi connectivity index (χ0n) is 27.7. The summed E-state index contributed by atoms with van der Waals surface area (Å²) in [6.07, 6.45) is 11.1. The molecule has 0 bridgehead atoms. The standard InChI is InChI=1S/C27H32O6.C6H12O4.HI.H2O.O.V/c1-16(28)32-13-8-22(30)19-15-17-14-18(29)4-9-25(17,2)20-5-10-26(3)21(24(19)20)6-11-27(26)12-7-23(31)33-27;1-4(2)5(7)6(9-3)10-8;;;;/h5,8,13-14,19,21,24H,4,6-7,9-12,15H2,1-3H3;4,6,8H,1-3H3;1H;1H2;;/q;;;;;+1/p-1/b13-8+;;;;;/t19-,21-,24+,25-,26-,27+;;;;;/m0...../s1. The molecule has 0 aromatic carbocycles. The monoisotopic (exact) mass is 812 g/mol. The third kappa shape index (κ3) is 8.47. The fourth-order valence-electron chi connectivity index (χ4n) is 8.23. The molecule has 1 heterocycles. The first-order chi connectivity index (χ1) is 21.6. The van der Waals surface area contributed by atoms with E-state index in [1.54, 1.807) is 19.9 Å². The molecule has 2 saturated carbocycles. The molecule has 0 aromatic heterocycles. The molecule has 1 spiro atoms. The molecule has 0 amide bonds. The number of halogens is 1. The van der Waals surface area contributed by atoms with Crippen molar-refractivity contribution in [3.8, 4) is 0 Å². The Kier molecular flexibility index (Phi) is 15.1. The van der Waals surface area contributed by atoms with Crippen LogP contribution in [0.3, 0.4) is 0 Å². The van der Waals surface area contributed by atoms with Crippen LogP contribution in [0.25, 0.3) is 0 Å². The quantitative estimate of drug-likeness (QED) is 0.0515. The predicted molar refractivity (Wildman–Crippen MR) is 172 cm³/mol. The van der Waals surface area contributed by atoms with Gasteiger partial charge in [0.2, 0.25) is 6.29 Å². The van der Waals surface area contributed by atoms with Gasteiger partial charge in [-0.2, -0.15) is 4.89 Å². The fraction of sp³-hybridized carbons (Fsp3) is 0.667. The van der Waals surface area contributed by atoms with E-state index in [4.69, 9.17) is 22.4 Å². The molecule has 4 aliphatic carbocycles. The second kappa shape index (κ2) is 17.2. The van der Waals surface area contributed by atoms with Crippen LogP contribution < -0.4 is 0 Å². The van der Waals surface area contributed by atoms with Crippen LogP contribution in [0, 0.1) is 34.5 Å². The first-order valence-electron chi connectivity index (χ1n) is 15.5. The number of hydrogen-bond donors (Lipinski definition) is 2. The second-order valence-corrected chi connectivity index (χ2v) is 13.6. The van der Waals surface area contributed by atoms with Crippen LogP contribution in [0.5, 0.6) is 0 Å².